The van der Waals surface area contributed by atoms with Crippen molar-refractivity contribution in [1.29, 1.82) is 0 Å². The number of hydrogen-bond donors (Lipinski definition) is 1. The largest absolute Gasteiger partial charge is 0.353 e. The second-order valence-electron chi connectivity index (χ2n) is 4.70. The first-order valence-corrected chi connectivity index (χ1v) is 7.47. The molecule has 0 aliphatic rings. The van der Waals surface area contributed by atoms with E-state index in [1.54, 1.807) is 45.9 Å². The molecule has 0 aliphatic heterocycles. The van der Waals surface area contributed by atoms with Crippen molar-refractivity contribution in [2.45, 2.75) is 38.6 Å². The van der Waals surface area contributed by atoms with Crippen molar-refractivity contribution in [2.75, 3.05) is 5.75 Å². The molecule has 100 valence electrons. The zero-order chi connectivity index (χ0) is 13.9. The fraction of sp³-hybridized carbons (Fsp3) is 0.462. The minimum atomic E-state index is -3.58. The van der Waals surface area contributed by atoms with E-state index >= 15 is 0 Å². The van der Waals surface area contributed by atoms with Gasteiger partial charge in [0, 0.05) is 6.04 Å². The van der Waals surface area contributed by atoms with Crippen molar-refractivity contribution >= 4 is 15.7 Å². The number of carbonyl (C=O) groups is 1. The molecule has 0 bridgehead atoms. The number of sulfone groups is 1. The van der Waals surface area contributed by atoms with Crippen LogP contribution in [0.5, 0.6) is 0 Å². The minimum absolute atomic E-state index is 0.0642. The maximum Gasteiger partial charge on any atom is 0.235 e. The van der Waals surface area contributed by atoms with Gasteiger partial charge < -0.3 is 5.32 Å². The Balaban J connectivity index is 3.04. The average Bonchev–Trinajstić information content (AvgIpc) is 2.13. The molecule has 0 fully saturated rings. The van der Waals surface area contributed by atoms with Crippen LogP contribution < -0.4 is 5.32 Å². The predicted molar refractivity (Wildman–Crippen MR) is 71.2 cm³/mol. The highest BCUT2D eigenvalue weighted by Gasteiger charge is 2.23. The van der Waals surface area contributed by atoms with Gasteiger partial charge in [-0.2, -0.15) is 0 Å². The summed E-state index contributed by atoms with van der Waals surface area (Å²) in [7, 11) is -3.58. The molecule has 1 rings (SSSR count). The standard InChI is InChI=1S/C13H19NO3S/c1-9(2)14-12(15)8-18(16,17)13-10(3)6-5-7-11(13)4/h5-7,9H,8H2,1-4H3,(H,14,15). The number of rotatable bonds is 4. The second-order valence-corrected chi connectivity index (χ2v) is 6.63. The Morgan fingerprint density at radius 3 is 2.17 bits per heavy atom. The maximum absolute atomic E-state index is 12.2. The molecule has 1 amide bonds. The molecule has 0 spiro atoms. The average molecular weight is 269 g/mol. The van der Waals surface area contributed by atoms with E-state index in [4.69, 9.17) is 0 Å². The van der Waals surface area contributed by atoms with Crippen molar-refractivity contribution in [3.8, 4) is 0 Å². The van der Waals surface area contributed by atoms with Crippen LogP contribution in [0.25, 0.3) is 0 Å². The molecule has 5 heteroatoms. The van der Waals surface area contributed by atoms with Crippen molar-refractivity contribution in [2.24, 2.45) is 0 Å². The second kappa shape index (κ2) is 5.52. The molecule has 1 N–H and O–H groups in total. The first kappa shape index (κ1) is 14.7. The van der Waals surface area contributed by atoms with Gasteiger partial charge in [-0.3, -0.25) is 4.79 Å². The van der Waals surface area contributed by atoms with Crippen LogP contribution in [0.1, 0.15) is 25.0 Å². The van der Waals surface area contributed by atoms with Crippen LogP contribution in [0.3, 0.4) is 0 Å². The Morgan fingerprint density at radius 2 is 1.72 bits per heavy atom. The highest BCUT2D eigenvalue weighted by Crippen LogP contribution is 2.20. The fourth-order valence-electron chi connectivity index (χ4n) is 1.90. The van der Waals surface area contributed by atoms with Crippen LogP contribution in [0.15, 0.2) is 23.1 Å². The highest BCUT2D eigenvalue weighted by molar-refractivity contribution is 7.92. The van der Waals surface area contributed by atoms with Crippen molar-refractivity contribution < 1.29 is 13.2 Å². The van der Waals surface area contributed by atoms with Crippen molar-refractivity contribution in [1.82, 2.24) is 5.32 Å². The van der Waals surface area contributed by atoms with Crippen molar-refractivity contribution in [3.63, 3.8) is 0 Å². The van der Waals surface area contributed by atoms with Crippen LogP contribution in [0, 0.1) is 13.8 Å². The molecule has 1 aromatic rings. The summed E-state index contributed by atoms with van der Waals surface area (Å²) in [4.78, 5) is 11.8. The first-order chi connectivity index (χ1) is 8.24. The number of amides is 1. The molecule has 0 atom stereocenters. The Morgan fingerprint density at radius 1 is 1.22 bits per heavy atom. The summed E-state index contributed by atoms with van der Waals surface area (Å²) in [5.74, 6) is -0.968. The summed E-state index contributed by atoms with van der Waals surface area (Å²) in [6, 6.07) is 5.21. The molecule has 1 aromatic carbocycles. The van der Waals surface area contributed by atoms with E-state index < -0.39 is 21.5 Å². The fourth-order valence-corrected chi connectivity index (χ4v) is 3.59. The SMILES string of the molecule is Cc1cccc(C)c1S(=O)(=O)CC(=O)NC(C)C. The third-order valence-electron chi connectivity index (χ3n) is 2.49. The van der Waals surface area contributed by atoms with Gasteiger partial charge in [0.1, 0.15) is 5.75 Å². The Labute approximate surface area is 108 Å². The van der Waals surface area contributed by atoms with E-state index in [9.17, 15) is 13.2 Å². The molecule has 0 aromatic heterocycles. The van der Waals surface area contributed by atoms with Crippen LogP contribution in [-0.2, 0) is 14.6 Å². The van der Waals surface area contributed by atoms with Gasteiger partial charge in [-0.25, -0.2) is 8.42 Å². The van der Waals surface area contributed by atoms with E-state index in [0.29, 0.717) is 11.1 Å². The molecule has 4 nitrogen and oxygen atoms in total. The lowest BCUT2D eigenvalue weighted by Crippen LogP contribution is -2.35. The summed E-state index contributed by atoms with van der Waals surface area (Å²) in [6.07, 6.45) is 0. The summed E-state index contributed by atoms with van der Waals surface area (Å²) in [5.41, 5.74) is 1.35. The minimum Gasteiger partial charge on any atom is -0.353 e. The zero-order valence-corrected chi connectivity index (χ0v) is 12.0. The van der Waals surface area contributed by atoms with E-state index in [2.05, 4.69) is 5.32 Å². The summed E-state index contributed by atoms with van der Waals surface area (Å²) < 4.78 is 24.4. The van der Waals surface area contributed by atoms with E-state index in [0.717, 1.165) is 0 Å². The smallest absolute Gasteiger partial charge is 0.235 e. The van der Waals surface area contributed by atoms with Crippen LogP contribution in [-0.4, -0.2) is 26.1 Å². The number of nitrogens with one attached hydrogen (secondary N) is 1. The number of benzene rings is 1. The first-order valence-electron chi connectivity index (χ1n) is 5.82. The van der Waals surface area contributed by atoms with E-state index in [-0.39, 0.29) is 10.9 Å². The quantitative estimate of drug-likeness (QED) is 0.903. The van der Waals surface area contributed by atoms with Gasteiger partial charge in [0.25, 0.3) is 0 Å². The summed E-state index contributed by atoms with van der Waals surface area (Å²) >= 11 is 0. The molecule has 0 heterocycles. The third kappa shape index (κ3) is 3.57. The van der Waals surface area contributed by atoms with Gasteiger partial charge in [-0.1, -0.05) is 18.2 Å². The molecule has 0 saturated carbocycles. The van der Waals surface area contributed by atoms with Gasteiger partial charge in [-0.15, -0.1) is 0 Å². The topological polar surface area (TPSA) is 63.2 Å². The molecule has 0 aliphatic carbocycles. The number of carbonyl (C=O) groups excluding carboxylic acids is 1. The summed E-state index contributed by atoms with van der Waals surface area (Å²) in [6.45, 7) is 7.06. The maximum atomic E-state index is 12.2. The van der Waals surface area contributed by atoms with Crippen molar-refractivity contribution in [3.05, 3.63) is 29.3 Å². The van der Waals surface area contributed by atoms with Crippen LogP contribution in [0.2, 0.25) is 0 Å². The monoisotopic (exact) mass is 269 g/mol. The van der Waals surface area contributed by atoms with Crippen LogP contribution in [0.4, 0.5) is 0 Å². The Kier molecular flexibility index (Phi) is 4.51. The Bertz CT molecular complexity index is 527. The lowest BCUT2D eigenvalue weighted by Gasteiger charge is -2.12. The molecular formula is C13H19NO3S. The molecule has 0 saturated heterocycles. The normalized spacial score (nSPS) is 11.6. The molecule has 18 heavy (non-hydrogen) atoms. The lowest BCUT2D eigenvalue weighted by molar-refractivity contribution is -0.119. The van der Waals surface area contributed by atoms with Gasteiger partial charge in [-0.05, 0) is 38.8 Å². The molecular weight excluding hydrogens is 250 g/mol. The zero-order valence-electron chi connectivity index (χ0n) is 11.1. The number of hydrogen-bond acceptors (Lipinski definition) is 3. The summed E-state index contributed by atoms with van der Waals surface area (Å²) in [5, 5.41) is 2.59. The lowest BCUT2D eigenvalue weighted by atomic mass is 10.2. The highest BCUT2D eigenvalue weighted by atomic mass is 32.2. The Hall–Kier alpha value is -1.36. The molecule has 0 radical (unpaired) electrons. The third-order valence-corrected chi connectivity index (χ3v) is 4.40. The molecule has 0 unspecified atom stereocenters. The predicted octanol–water partition coefficient (Wildman–Crippen LogP) is 1.60. The van der Waals surface area contributed by atoms with E-state index in [1.807, 2.05) is 0 Å². The van der Waals surface area contributed by atoms with Gasteiger partial charge >= 0.3 is 0 Å². The van der Waals surface area contributed by atoms with Crippen LogP contribution >= 0.6 is 0 Å². The van der Waals surface area contributed by atoms with Gasteiger partial charge in [0.2, 0.25) is 5.91 Å². The van der Waals surface area contributed by atoms with Gasteiger partial charge in [0.05, 0.1) is 4.90 Å². The van der Waals surface area contributed by atoms with Gasteiger partial charge in [0.15, 0.2) is 9.84 Å². The number of aryl methyl sites for hydroxylation is 2. The van der Waals surface area contributed by atoms with E-state index in [1.165, 1.54) is 0 Å².